The van der Waals surface area contributed by atoms with Crippen molar-refractivity contribution < 1.29 is 17.9 Å². The van der Waals surface area contributed by atoms with E-state index < -0.39 is 10.2 Å². The number of benzene rings is 1. The van der Waals surface area contributed by atoms with Crippen LogP contribution in [0.1, 0.15) is 5.56 Å². The van der Waals surface area contributed by atoms with Gasteiger partial charge in [0, 0.05) is 7.11 Å². The van der Waals surface area contributed by atoms with E-state index in [0.29, 0.717) is 24.7 Å². The van der Waals surface area contributed by atoms with Crippen LogP contribution in [0.2, 0.25) is 0 Å². The molecule has 0 saturated carbocycles. The highest BCUT2D eigenvalue weighted by atomic mass is 32.2. The second-order valence-corrected chi connectivity index (χ2v) is 4.78. The topological polar surface area (TPSA) is 90.7 Å². The first-order valence-corrected chi connectivity index (χ1v) is 6.50. The monoisotopic (exact) mass is 260 g/mol. The molecule has 17 heavy (non-hydrogen) atoms. The fourth-order valence-electron chi connectivity index (χ4n) is 1.22. The van der Waals surface area contributed by atoms with Crippen LogP contribution in [0.5, 0.6) is 5.75 Å². The molecular formula is C10H16N2O4S. The van der Waals surface area contributed by atoms with Crippen LogP contribution in [0.4, 0.5) is 5.69 Å². The molecule has 1 rings (SSSR count). The number of hydrogen-bond donors (Lipinski definition) is 2. The molecule has 0 saturated heterocycles. The predicted octanol–water partition coefficient (Wildman–Crippen LogP) is 0.636. The molecule has 0 aliphatic carbocycles. The number of ether oxygens (including phenoxy) is 2. The fraction of sp³-hybridized carbons (Fsp3) is 0.400. The standard InChI is InChI=1S/C10H16N2O4S/c1-8-3-4-9(12-17(11,13)14)10(7-8)16-6-5-15-2/h3-4,7,12H,5-6H2,1-2H3,(H2,11,13,14). The van der Waals surface area contributed by atoms with Gasteiger partial charge in [-0.3, -0.25) is 4.72 Å². The lowest BCUT2D eigenvalue weighted by atomic mass is 10.2. The zero-order valence-corrected chi connectivity index (χ0v) is 10.6. The maximum atomic E-state index is 11.0. The van der Waals surface area contributed by atoms with Gasteiger partial charge in [-0.1, -0.05) is 6.07 Å². The summed E-state index contributed by atoms with van der Waals surface area (Å²) in [5, 5.41) is 4.91. The van der Waals surface area contributed by atoms with Gasteiger partial charge in [-0.2, -0.15) is 8.42 Å². The van der Waals surface area contributed by atoms with Crippen molar-refractivity contribution in [2.45, 2.75) is 6.92 Å². The summed E-state index contributed by atoms with van der Waals surface area (Å²) in [7, 11) is -2.25. The molecule has 3 N–H and O–H groups in total. The van der Waals surface area contributed by atoms with Crippen LogP contribution in [-0.2, 0) is 14.9 Å². The molecule has 0 heterocycles. The molecule has 0 spiro atoms. The van der Waals surface area contributed by atoms with E-state index in [1.807, 2.05) is 6.92 Å². The van der Waals surface area contributed by atoms with E-state index in [4.69, 9.17) is 14.6 Å². The van der Waals surface area contributed by atoms with Gasteiger partial charge in [0.15, 0.2) is 0 Å². The molecule has 0 amide bonds. The number of rotatable bonds is 6. The van der Waals surface area contributed by atoms with E-state index in [0.717, 1.165) is 5.56 Å². The number of anilines is 1. The third kappa shape index (κ3) is 5.03. The molecule has 7 heteroatoms. The molecule has 0 aliphatic heterocycles. The van der Waals surface area contributed by atoms with E-state index >= 15 is 0 Å². The second-order valence-electron chi connectivity index (χ2n) is 3.49. The highest BCUT2D eigenvalue weighted by molar-refractivity contribution is 7.90. The number of nitrogens with two attached hydrogens (primary N) is 1. The maximum absolute atomic E-state index is 11.0. The van der Waals surface area contributed by atoms with Crippen LogP contribution in [0.3, 0.4) is 0 Å². The third-order valence-electron chi connectivity index (χ3n) is 1.93. The smallest absolute Gasteiger partial charge is 0.296 e. The van der Waals surface area contributed by atoms with Crippen LogP contribution in [0, 0.1) is 6.92 Å². The van der Waals surface area contributed by atoms with E-state index in [1.54, 1.807) is 25.3 Å². The number of hydrogen-bond acceptors (Lipinski definition) is 4. The molecule has 0 aliphatic rings. The Labute approximate surface area is 101 Å². The van der Waals surface area contributed by atoms with Gasteiger partial charge in [-0.25, -0.2) is 5.14 Å². The minimum atomic E-state index is -3.80. The first-order chi connectivity index (χ1) is 7.92. The number of nitrogens with one attached hydrogen (secondary N) is 1. The Hall–Kier alpha value is -1.31. The van der Waals surface area contributed by atoms with Gasteiger partial charge in [-0.05, 0) is 24.6 Å². The molecule has 1 aromatic rings. The van der Waals surface area contributed by atoms with Crippen LogP contribution in [-0.4, -0.2) is 28.7 Å². The first kappa shape index (κ1) is 13.8. The van der Waals surface area contributed by atoms with Crippen molar-refractivity contribution in [3.8, 4) is 5.75 Å². The Balaban J connectivity index is 2.87. The lowest BCUT2D eigenvalue weighted by Gasteiger charge is -2.12. The van der Waals surface area contributed by atoms with Crippen LogP contribution in [0.15, 0.2) is 18.2 Å². The average Bonchev–Trinajstić information content (AvgIpc) is 2.20. The summed E-state index contributed by atoms with van der Waals surface area (Å²) >= 11 is 0. The highest BCUT2D eigenvalue weighted by Gasteiger charge is 2.09. The Morgan fingerprint density at radius 3 is 2.65 bits per heavy atom. The first-order valence-electron chi connectivity index (χ1n) is 4.95. The Morgan fingerprint density at radius 2 is 2.06 bits per heavy atom. The molecular weight excluding hydrogens is 244 g/mol. The maximum Gasteiger partial charge on any atom is 0.296 e. The molecule has 0 radical (unpaired) electrons. The van der Waals surface area contributed by atoms with E-state index in [-0.39, 0.29) is 0 Å². The summed E-state index contributed by atoms with van der Waals surface area (Å²) in [5.74, 6) is 0.427. The quantitative estimate of drug-likeness (QED) is 0.734. The zero-order valence-electron chi connectivity index (χ0n) is 9.76. The van der Waals surface area contributed by atoms with E-state index in [9.17, 15) is 8.42 Å². The van der Waals surface area contributed by atoms with Crippen molar-refractivity contribution in [1.29, 1.82) is 0 Å². The van der Waals surface area contributed by atoms with Gasteiger partial charge < -0.3 is 9.47 Å². The Kier molecular flexibility index (Phi) is 4.73. The molecule has 0 aromatic heterocycles. The normalized spacial score (nSPS) is 11.2. The Bertz CT molecular complexity index is 473. The van der Waals surface area contributed by atoms with Gasteiger partial charge in [0.1, 0.15) is 12.4 Å². The van der Waals surface area contributed by atoms with Crippen LogP contribution >= 0.6 is 0 Å². The zero-order chi connectivity index (χ0) is 12.9. The number of aryl methyl sites for hydroxylation is 1. The molecule has 6 nitrogen and oxygen atoms in total. The minimum absolute atomic E-state index is 0.314. The van der Waals surface area contributed by atoms with E-state index in [1.165, 1.54) is 0 Å². The van der Waals surface area contributed by atoms with Crippen LogP contribution < -0.4 is 14.6 Å². The van der Waals surface area contributed by atoms with Gasteiger partial charge in [-0.15, -0.1) is 0 Å². The lowest BCUT2D eigenvalue weighted by Crippen LogP contribution is -2.22. The minimum Gasteiger partial charge on any atom is -0.489 e. The summed E-state index contributed by atoms with van der Waals surface area (Å²) in [6.07, 6.45) is 0. The van der Waals surface area contributed by atoms with Gasteiger partial charge >= 0.3 is 0 Å². The SMILES string of the molecule is COCCOc1cc(C)ccc1NS(N)(=O)=O. The molecule has 1 aromatic carbocycles. The summed E-state index contributed by atoms with van der Waals surface area (Å²) in [5.41, 5.74) is 1.27. The second kappa shape index (κ2) is 5.85. The van der Waals surface area contributed by atoms with Crippen molar-refractivity contribution in [2.75, 3.05) is 25.0 Å². The summed E-state index contributed by atoms with van der Waals surface area (Å²) < 4.78 is 34.3. The molecule has 0 atom stereocenters. The van der Waals surface area contributed by atoms with Crippen molar-refractivity contribution in [2.24, 2.45) is 5.14 Å². The molecule has 0 unspecified atom stereocenters. The lowest BCUT2D eigenvalue weighted by molar-refractivity contribution is 0.146. The van der Waals surface area contributed by atoms with Gasteiger partial charge in [0.05, 0.1) is 12.3 Å². The van der Waals surface area contributed by atoms with Crippen molar-refractivity contribution in [1.82, 2.24) is 0 Å². The number of methoxy groups -OCH3 is 1. The largest absolute Gasteiger partial charge is 0.489 e. The average molecular weight is 260 g/mol. The summed E-state index contributed by atoms with van der Waals surface area (Å²) in [4.78, 5) is 0. The van der Waals surface area contributed by atoms with E-state index in [2.05, 4.69) is 4.72 Å². The predicted molar refractivity (Wildman–Crippen MR) is 65.3 cm³/mol. The van der Waals surface area contributed by atoms with Crippen molar-refractivity contribution in [3.05, 3.63) is 23.8 Å². The summed E-state index contributed by atoms with van der Waals surface area (Å²) in [6, 6.07) is 5.09. The molecule has 96 valence electrons. The van der Waals surface area contributed by atoms with Crippen molar-refractivity contribution in [3.63, 3.8) is 0 Å². The third-order valence-corrected chi connectivity index (χ3v) is 2.44. The van der Waals surface area contributed by atoms with Gasteiger partial charge in [0.25, 0.3) is 10.2 Å². The summed E-state index contributed by atoms with van der Waals surface area (Å²) in [6.45, 7) is 2.63. The van der Waals surface area contributed by atoms with Gasteiger partial charge in [0.2, 0.25) is 0 Å². The van der Waals surface area contributed by atoms with Crippen LogP contribution in [0.25, 0.3) is 0 Å². The highest BCUT2D eigenvalue weighted by Crippen LogP contribution is 2.26. The Morgan fingerprint density at radius 1 is 1.35 bits per heavy atom. The molecule has 0 bridgehead atoms. The van der Waals surface area contributed by atoms with Crippen molar-refractivity contribution >= 4 is 15.9 Å². The fourth-order valence-corrected chi connectivity index (χ4v) is 1.70. The molecule has 0 fully saturated rings.